The number of piperidine rings is 1. The first kappa shape index (κ1) is 21.9. The van der Waals surface area contributed by atoms with Crippen LogP contribution in [0.4, 0.5) is 8.78 Å². The third-order valence-corrected chi connectivity index (χ3v) is 6.78. The lowest BCUT2D eigenvalue weighted by Gasteiger charge is -2.32. The quantitative estimate of drug-likeness (QED) is 0.532. The zero-order valence-corrected chi connectivity index (χ0v) is 19.4. The van der Waals surface area contributed by atoms with Gasteiger partial charge in [0.2, 0.25) is 0 Å². The number of nitrogens with zero attached hydrogens (tertiary/aromatic N) is 4. The van der Waals surface area contributed by atoms with Crippen LogP contribution in [-0.4, -0.2) is 52.4 Å². The largest absolute Gasteiger partial charge is 0.345 e. The molecule has 0 saturated carbocycles. The van der Waals surface area contributed by atoms with E-state index in [9.17, 15) is 13.6 Å². The van der Waals surface area contributed by atoms with E-state index < -0.39 is 17.5 Å². The fraction of sp³-hybridized carbons (Fsp3) is 0.391. The summed E-state index contributed by atoms with van der Waals surface area (Å²) in [6.45, 7) is 2.25. The molecular formula is C23H25BrF2N4O. The second kappa shape index (κ2) is 8.67. The van der Waals surface area contributed by atoms with Gasteiger partial charge in [0.25, 0.3) is 5.91 Å². The Balaban J connectivity index is 1.46. The molecule has 0 atom stereocenters. The molecule has 5 nitrogen and oxygen atoms in total. The maximum absolute atomic E-state index is 14.7. The van der Waals surface area contributed by atoms with E-state index >= 15 is 0 Å². The van der Waals surface area contributed by atoms with Crippen LogP contribution >= 0.6 is 15.9 Å². The Morgan fingerprint density at radius 2 is 1.84 bits per heavy atom. The Morgan fingerprint density at radius 1 is 1.19 bits per heavy atom. The van der Waals surface area contributed by atoms with E-state index in [-0.39, 0.29) is 17.0 Å². The smallest absolute Gasteiger partial charge is 0.253 e. The molecule has 1 saturated heterocycles. The highest BCUT2D eigenvalue weighted by Gasteiger charge is 2.27. The van der Waals surface area contributed by atoms with Gasteiger partial charge in [0, 0.05) is 60.6 Å². The molecule has 31 heavy (non-hydrogen) atoms. The number of likely N-dealkylation sites (tertiary alicyclic amines) is 1. The molecule has 4 rings (SSSR count). The number of aryl methyl sites for hydroxylation is 1. The summed E-state index contributed by atoms with van der Waals surface area (Å²) < 4.78 is 32.6. The van der Waals surface area contributed by atoms with Gasteiger partial charge in [-0.25, -0.2) is 13.8 Å². The maximum Gasteiger partial charge on any atom is 0.253 e. The molecule has 3 heterocycles. The summed E-state index contributed by atoms with van der Waals surface area (Å²) in [5.41, 5.74) is 2.22. The minimum absolute atomic E-state index is 0.0386. The molecule has 0 spiro atoms. The van der Waals surface area contributed by atoms with Gasteiger partial charge in [0.1, 0.15) is 17.3 Å². The Morgan fingerprint density at radius 3 is 2.42 bits per heavy atom. The number of benzene rings is 1. The van der Waals surface area contributed by atoms with Gasteiger partial charge in [-0.2, -0.15) is 0 Å². The molecule has 1 amide bonds. The number of carbonyl (C=O) groups excluding carboxylic acids is 1. The van der Waals surface area contributed by atoms with Crippen molar-refractivity contribution >= 4 is 32.9 Å². The molecule has 2 aromatic heterocycles. The van der Waals surface area contributed by atoms with E-state index in [1.165, 1.54) is 4.90 Å². The number of amides is 1. The summed E-state index contributed by atoms with van der Waals surface area (Å²) in [6, 6.07) is 6.39. The van der Waals surface area contributed by atoms with Crippen molar-refractivity contribution in [2.24, 2.45) is 7.05 Å². The first-order valence-electron chi connectivity index (χ1n) is 10.3. The van der Waals surface area contributed by atoms with Crippen LogP contribution < -0.4 is 0 Å². The molecule has 0 radical (unpaired) electrons. The molecular weight excluding hydrogens is 466 g/mol. The Kier molecular flexibility index (Phi) is 6.12. The van der Waals surface area contributed by atoms with Gasteiger partial charge in [-0.1, -0.05) is 0 Å². The summed E-state index contributed by atoms with van der Waals surface area (Å²) in [6.07, 6.45) is 3.11. The number of carbonyl (C=O) groups is 1. The maximum atomic E-state index is 14.7. The SMILES string of the molecule is CN(C)C(=O)c1cc(F)c(C2CCN(Cc3cc4c(Br)ccnc4n3C)CC2)c(F)c1. The monoisotopic (exact) mass is 490 g/mol. The Labute approximate surface area is 188 Å². The van der Waals surface area contributed by atoms with Crippen LogP contribution in [0.15, 0.2) is 34.9 Å². The van der Waals surface area contributed by atoms with Crippen LogP contribution in [0.1, 0.15) is 40.4 Å². The summed E-state index contributed by atoms with van der Waals surface area (Å²) in [4.78, 5) is 20.1. The first-order chi connectivity index (χ1) is 14.8. The number of hydrogen-bond donors (Lipinski definition) is 0. The Hall–Kier alpha value is -2.32. The third kappa shape index (κ3) is 4.23. The van der Waals surface area contributed by atoms with Crippen molar-refractivity contribution in [2.45, 2.75) is 25.3 Å². The zero-order chi connectivity index (χ0) is 22.3. The van der Waals surface area contributed by atoms with Crippen molar-refractivity contribution in [3.63, 3.8) is 0 Å². The van der Waals surface area contributed by atoms with Crippen molar-refractivity contribution in [2.75, 3.05) is 27.2 Å². The molecule has 0 bridgehead atoms. The predicted octanol–water partition coefficient (Wildman–Crippen LogP) is 4.70. The lowest BCUT2D eigenvalue weighted by molar-refractivity contribution is 0.0826. The summed E-state index contributed by atoms with van der Waals surface area (Å²) in [7, 11) is 5.13. The van der Waals surface area contributed by atoms with Gasteiger partial charge in [0.15, 0.2) is 0 Å². The van der Waals surface area contributed by atoms with Crippen molar-refractivity contribution in [1.82, 2.24) is 19.4 Å². The molecule has 0 aliphatic carbocycles. The fourth-order valence-electron chi connectivity index (χ4n) is 4.36. The van der Waals surface area contributed by atoms with Crippen LogP contribution in [0.5, 0.6) is 0 Å². The van der Waals surface area contributed by atoms with Gasteiger partial charge >= 0.3 is 0 Å². The Bertz CT molecular complexity index is 1110. The van der Waals surface area contributed by atoms with Crippen LogP contribution in [0.25, 0.3) is 11.0 Å². The highest BCUT2D eigenvalue weighted by Crippen LogP contribution is 2.33. The molecule has 1 aliphatic rings. The van der Waals surface area contributed by atoms with E-state index in [1.54, 1.807) is 20.3 Å². The molecule has 1 aromatic carbocycles. The zero-order valence-electron chi connectivity index (χ0n) is 17.8. The van der Waals surface area contributed by atoms with Gasteiger partial charge in [0.05, 0.1) is 0 Å². The highest BCUT2D eigenvalue weighted by molar-refractivity contribution is 9.10. The lowest BCUT2D eigenvalue weighted by Crippen LogP contribution is -2.33. The number of rotatable bonds is 4. The van der Waals surface area contributed by atoms with Crippen LogP contribution in [0.3, 0.4) is 0 Å². The van der Waals surface area contributed by atoms with Crippen molar-refractivity contribution < 1.29 is 13.6 Å². The minimum atomic E-state index is -0.631. The molecule has 1 aliphatic heterocycles. The molecule has 0 N–H and O–H groups in total. The average Bonchev–Trinajstić information content (AvgIpc) is 3.05. The standard InChI is InChI=1S/C23H25BrF2N4O/c1-28(2)23(31)15-10-19(25)21(20(26)11-15)14-5-8-30(9-6-14)13-16-12-17-18(24)4-7-27-22(17)29(16)3/h4,7,10-12,14H,5-6,8-9,13H2,1-3H3. The molecule has 3 aromatic rings. The number of halogens is 3. The van der Waals surface area contributed by atoms with E-state index in [1.807, 2.05) is 13.1 Å². The molecule has 1 fully saturated rings. The number of fused-ring (bicyclic) bond motifs is 1. The fourth-order valence-corrected chi connectivity index (χ4v) is 4.77. The van der Waals surface area contributed by atoms with Gasteiger partial charge in [-0.05, 0) is 72.0 Å². The van der Waals surface area contributed by atoms with Crippen molar-refractivity contribution in [1.29, 1.82) is 0 Å². The lowest BCUT2D eigenvalue weighted by atomic mass is 9.88. The van der Waals surface area contributed by atoms with E-state index in [2.05, 4.69) is 36.4 Å². The molecule has 164 valence electrons. The van der Waals surface area contributed by atoms with E-state index in [4.69, 9.17) is 0 Å². The highest BCUT2D eigenvalue weighted by atomic mass is 79.9. The number of pyridine rings is 1. The van der Waals surface area contributed by atoms with E-state index in [0.29, 0.717) is 12.8 Å². The summed E-state index contributed by atoms with van der Waals surface area (Å²) in [5, 5.41) is 1.08. The van der Waals surface area contributed by atoms with Gasteiger partial charge in [-0.15, -0.1) is 0 Å². The molecule has 0 unspecified atom stereocenters. The third-order valence-electron chi connectivity index (χ3n) is 6.09. The number of hydrogen-bond acceptors (Lipinski definition) is 3. The van der Waals surface area contributed by atoms with Crippen molar-refractivity contribution in [3.05, 3.63) is 63.4 Å². The van der Waals surface area contributed by atoms with Gasteiger partial charge in [-0.3, -0.25) is 9.69 Å². The van der Waals surface area contributed by atoms with Crippen LogP contribution in [-0.2, 0) is 13.6 Å². The van der Waals surface area contributed by atoms with Gasteiger partial charge < -0.3 is 9.47 Å². The normalized spacial score (nSPS) is 15.5. The van der Waals surface area contributed by atoms with Crippen LogP contribution in [0, 0.1) is 11.6 Å². The summed E-state index contributed by atoms with van der Waals surface area (Å²) >= 11 is 3.58. The second-order valence-corrected chi connectivity index (χ2v) is 9.18. The topological polar surface area (TPSA) is 41.4 Å². The van der Waals surface area contributed by atoms with E-state index in [0.717, 1.165) is 53.0 Å². The molecule has 8 heteroatoms. The average molecular weight is 491 g/mol. The first-order valence-corrected chi connectivity index (χ1v) is 11.1. The van der Waals surface area contributed by atoms with Crippen molar-refractivity contribution in [3.8, 4) is 0 Å². The predicted molar refractivity (Wildman–Crippen MR) is 120 cm³/mol. The van der Waals surface area contributed by atoms with Crippen LogP contribution in [0.2, 0.25) is 0 Å². The number of aromatic nitrogens is 2. The minimum Gasteiger partial charge on any atom is -0.345 e. The second-order valence-electron chi connectivity index (χ2n) is 8.33. The summed E-state index contributed by atoms with van der Waals surface area (Å²) in [5.74, 6) is -1.86.